The molecule has 7 heteroatoms. The van der Waals surface area contributed by atoms with Crippen molar-refractivity contribution in [3.63, 3.8) is 0 Å². The molecule has 110 valence electrons. The van der Waals surface area contributed by atoms with Crippen LogP contribution in [0, 0.1) is 17.0 Å². The fourth-order valence-corrected chi connectivity index (χ4v) is 3.12. The predicted octanol–water partition coefficient (Wildman–Crippen LogP) is 3.67. The molecule has 0 aliphatic heterocycles. The van der Waals surface area contributed by atoms with Crippen LogP contribution < -0.4 is 5.73 Å². The van der Waals surface area contributed by atoms with Crippen LogP contribution in [0.1, 0.15) is 5.56 Å². The lowest BCUT2D eigenvalue weighted by molar-refractivity contribution is -0.384. The van der Waals surface area contributed by atoms with Crippen LogP contribution in [-0.4, -0.2) is 14.9 Å². The molecule has 2 heterocycles. The Kier molecular flexibility index (Phi) is 3.56. The largest absolute Gasteiger partial charge is 0.375 e. The highest BCUT2D eigenvalue weighted by Gasteiger charge is 2.18. The Morgan fingerprint density at radius 2 is 2.14 bits per heavy atom. The third-order valence-corrected chi connectivity index (χ3v) is 4.17. The van der Waals surface area contributed by atoms with Crippen molar-refractivity contribution in [2.24, 2.45) is 0 Å². The fourth-order valence-electron chi connectivity index (χ4n) is 2.19. The zero-order chi connectivity index (χ0) is 15.7. The second-order valence-electron chi connectivity index (χ2n) is 4.73. The summed E-state index contributed by atoms with van der Waals surface area (Å²) in [6.07, 6.45) is 3.38. The van der Waals surface area contributed by atoms with Gasteiger partial charge >= 0.3 is 0 Å². The number of benzene rings is 1. The quantitative estimate of drug-likeness (QED) is 0.588. The first-order valence-electron chi connectivity index (χ1n) is 6.48. The van der Waals surface area contributed by atoms with Gasteiger partial charge in [-0.15, -0.1) is 0 Å². The molecule has 0 radical (unpaired) electrons. The molecule has 1 aromatic carbocycles. The summed E-state index contributed by atoms with van der Waals surface area (Å²) >= 11 is 1.31. The highest BCUT2D eigenvalue weighted by Crippen LogP contribution is 2.40. The van der Waals surface area contributed by atoms with E-state index in [-0.39, 0.29) is 5.69 Å². The minimum absolute atomic E-state index is 0.0460. The first kappa shape index (κ1) is 14.2. The zero-order valence-electron chi connectivity index (χ0n) is 11.7. The summed E-state index contributed by atoms with van der Waals surface area (Å²) in [6, 6.07) is 8.48. The molecular formula is C15H12N4O2S. The summed E-state index contributed by atoms with van der Waals surface area (Å²) in [4.78, 5) is 19.9. The van der Waals surface area contributed by atoms with Crippen LogP contribution in [0.15, 0.2) is 42.7 Å². The topological polar surface area (TPSA) is 94.9 Å². The molecule has 0 saturated heterocycles. The van der Waals surface area contributed by atoms with E-state index in [0.29, 0.717) is 10.8 Å². The molecule has 0 bridgehead atoms. The molecule has 0 atom stereocenters. The minimum atomic E-state index is -0.406. The number of nitro benzene ring substituents is 1. The molecule has 6 nitrogen and oxygen atoms in total. The molecule has 3 aromatic rings. The summed E-state index contributed by atoms with van der Waals surface area (Å²) in [5.74, 6) is 0. The normalized spacial score (nSPS) is 10.6. The molecule has 0 fully saturated rings. The number of hydrogen-bond donors (Lipinski definition) is 1. The maximum Gasteiger partial charge on any atom is 0.270 e. The number of aromatic nitrogens is 2. The molecule has 0 unspecified atom stereocenters. The van der Waals surface area contributed by atoms with Crippen molar-refractivity contribution in [1.29, 1.82) is 0 Å². The van der Waals surface area contributed by atoms with Crippen LogP contribution in [0.4, 0.5) is 10.8 Å². The molecule has 0 amide bonds. The number of nitro groups is 1. The molecule has 0 spiro atoms. The van der Waals surface area contributed by atoms with Gasteiger partial charge in [-0.2, -0.15) is 0 Å². The van der Waals surface area contributed by atoms with Gasteiger partial charge in [0.25, 0.3) is 5.69 Å². The number of thiazole rings is 1. The highest BCUT2D eigenvalue weighted by atomic mass is 32.1. The van der Waals surface area contributed by atoms with Gasteiger partial charge in [-0.1, -0.05) is 17.4 Å². The van der Waals surface area contributed by atoms with Crippen molar-refractivity contribution in [3.8, 4) is 21.7 Å². The Hall–Kier alpha value is -2.80. The van der Waals surface area contributed by atoms with Gasteiger partial charge in [0, 0.05) is 35.7 Å². The van der Waals surface area contributed by atoms with Crippen LogP contribution in [0.5, 0.6) is 0 Å². The summed E-state index contributed by atoms with van der Waals surface area (Å²) in [5, 5.41) is 11.4. The average Bonchev–Trinajstić information content (AvgIpc) is 2.90. The molecule has 0 saturated carbocycles. The molecule has 2 N–H and O–H groups in total. The maximum absolute atomic E-state index is 11.0. The lowest BCUT2D eigenvalue weighted by atomic mass is 10.0. The lowest BCUT2D eigenvalue weighted by Crippen LogP contribution is -1.91. The second kappa shape index (κ2) is 5.53. The van der Waals surface area contributed by atoms with Gasteiger partial charge in [-0.05, 0) is 24.6 Å². The molecule has 2 aromatic heterocycles. The van der Waals surface area contributed by atoms with E-state index in [4.69, 9.17) is 5.73 Å². The van der Waals surface area contributed by atoms with E-state index < -0.39 is 4.92 Å². The van der Waals surface area contributed by atoms with Gasteiger partial charge in [-0.3, -0.25) is 15.1 Å². The number of non-ortho nitro benzene ring substituents is 1. The smallest absolute Gasteiger partial charge is 0.270 e. The lowest BCUT2D eigenvalue weighted by Gasteiger charge is -2.06. The average molecular weight is 312 g/mol. The molecule has 0 aliphatic rings. The Bertz CT molecular complexity index is 846. The molecular weight excluding hydrogens is 300 g/mol. The van der Waals surface area contributed by atoms with E-state index in [9.17, 15) is 10.1 Å². The van der Waals surface area contributed by atoms with E-state index in [2.05, 4.69) is 9.97 Å². The van der Waals surface area contributed by atoms with Gasteiger partial charge in [0.2, 0.25) is 0 Å². The van der Waals surface area contributed by atoms with Crippen LogP contribution in [0.2, 0.25) is 0 Å². The van der Waals surface area contributed by atoms with E-state index >= 15 is 0 Å². The summed E-state index contributed by atoms with van der Waals surface area (Å²) in [7, 11) is 0. The van der Waals surface area contributed by atoms with Crippen molar-refractivity contribution in [2.45, 2.75) is 6.92 Å². The van der Waals surface area contributed by atoms with E-state index in [0.717, 1.165) is 21.6 Å². The minimum Gasteiger partial charge on any atom is -0.375 e. The Balaban J connectivity index is 2.22. The first-order chi connectivity index (χ1) is 10.6. The third kappa shape index (κ3) is 2.53. The van der Waals surface area contributed by atoms with E-state index in [1.54, 1.807) is 24.5 Å². The van der Waals surface area contributed by atoms with Crippen molar-refractivity contribution in [1.82, 2.24) is 9.97 Å². The second-order valence-corrected chi connectivity index (χ2v) is 5.76. The van der Waals surface area contributed by atoms with Gasteiger partial charge in [-0.25, -0.2) is 4.98 Å². The zero-order valence-corrected chi connectivity index (χ0v) is 12.5. The standard InChI is InChI=1S/C15H12N4O2S/c1-9-4-5-11(19(20)21)7-12(9)14-13(18-15(16)22-14)10-3-2-6-17-8-10/h2-8H,1H3,(H2,16,18). The van der Waals surface area contributed by atoms with Crippen LogP contribution in [0.25, 0.3) is 21.7 Å². The van der Waals surface area contributed by atoms with Crippen molar-refractivity contribution in [2.75, 3.05) is 5.73 Å². The molecule has 3 rings (SSSR count). The van der Waals surface area contributed by atoms with Crippen LogP contribution in [-0.2, 0) is 0 Å². The molecule has 0 aliphatic carbocycles. The Morgan fingerprint density at radius 3 is 2.82 bits per heavy atom. The van der Waals surface area contributed by atoms with E-state index in [1.807, 2.05) is 19.1 Å². The van der Waals surface area contributed by atoms with Crippen LogP contribution >= 0.6 is 11.3 Å². The number of hydrogen-bond acceptors (Lipinski definition) is 6. The number of nitrogens with two attached hydrogens (primary N) is 1. The first-order valence-corrected chi connectivity index (χ1v) is 7.30. The highest BCUT2D eigenvalue weighted by molar-refractivity contribution is 7.19. The van der Waals surface area contributed by atoms with Crippen molar-refractivity contribution in [3.05, 3.63) is 58.4 Å². The summed E-state index contributed by atoms with van der Waals surface area (Å²) in [6.45, 7) is 1.90. The third-order valence-electron chi connectivity index (χ3n) is 3.26. The Morgan fingerprint density at radius 1 is 1.32 bits per heavy atom. The van der Waals surface area contributed by atoms with Gasteiger partial charge in [0.1, 0.15) is 0 Å². The van der Waals surface area contributed by atoms with E-state index in [1.165, 1.54) is 17.4 Å². The predicted molar refractivity (Wildman–Crippen MR) is 86.6 cm³/mol. The number of aryl methyl sites for hydroxylation is 1. The Labute approximate surface area is 130 Å². The van der Waals surface area contributed by atoms with Crippen LogP contribution in [0.3, 0.4) is 0 Å². The SMILES string of the molecule is Cc1ccc([N+](=O)[O-])cc1-c1sc(N)nc1-c1cccnc1. The number of nitrogens with zero attached hydrogens (tertiary/aromatic N) is 3. The molecule has 22 heavy (non-hydrogen) atoms. The van der Waals surface area contributed by atoms with Crippen molar-refractivity contribution >= 4 is 22.2 Å². The summed E-state index contributed by atoms with van der Waals surface area (Å²) < 4.78 is 0. The van der Waals surface area contributed by atoms with Crippen molar-refractivity contribution < 1.29 is 4.92 Å². The number of anilines is 1. The number of pyridine rings is 1. The van der Waals surface area contributed by atoms with Gasteiger partial charge < -0.3 is 5.73 Å². The fraction of sp³-hybridized carbons (Fsp3) is 0.0667. The van der Waals surface area contributed by atoms with Gasteiger partial charge in [0.15, 0.2) is 5.13 Å². The van der Waals surface area contributed by atoms with Gasteiger partial charge in [0.05, 0.1) is 15.5 Å². The summed E-state index contributed by atoms with van der Waals surface area (Å²) in [5.41, 5.74) is 9.12. The number of rotatable bonds is 3. The number of nitrogen functional groups attached to an aromatic ring is 1. The maximum atomic E-state index is 11.0. The monoisotopic (exact) mass is 312 g/mol.